The molecule has 3 heteroatoms. The maximum atomic E-state index is 8.99. The van der Waals surface area contributed by atoms with Gasteiger partial charge < -0.3 is 4.90 Å². The maximum Gasteiger partial charge on any atom is 0.0967 e. The Balaban J connectivity index is 3.89. The van der Waals surface area contributed by atoms with Gasteiger partial charge >= 0.3 is 0 Å². The molecule has 16 heavy (non-hydrogen) atoms. The molecule has 0 aromatic carbocycles. The second-order valence-electron chi connectivity index (χ2n) is 6.09. The molecule has 0 radical (unpaired) electrons. The van der Waals surface area contributed by atoms with Crippen molar-refractivity contribution in [2.24, 2.45) is 5.41 Å². The summed E-state index contributed by atoms with van der Waals surface area (Å²) in [6.45, 7) is 12.9. The summed E-state index contributed by atoms with van der Waals surface area (Å²) in [6.07, 6.45) is 0.890. The van der Waals surface area contributed by atoms with Gasteiger partial charge in [-0.05, 0) is 32.7 Å². The van der Waals surface area contributed by atoms with E-state index >= 15 is 0 Å². The summed E-state index contributed by atoms with van der Waals surface area (Å²) in [5.41, 5.74) is 0.322. The van der Waals surface area contributed by atoms with Crippen LogP contribution in [-0.4, -0.2) is 37.1 Å². The molecule has 0 heterocycles. The summed E-state index contributed by atoms with van der Waals surface area (Å²) in [7, 11) is 2.12. The smallest absolute Gasteiger partial charge is 0.0967 e. The molecule has 0 aliphatic carbocycles. The van der Waals surface area contributed by atoms with E-state index in [9.17, 15) is 0 Å². The predicted molar refractivity (Wildman–Crippen MR) is 69.2 cm³/mol. The van der Waals surface area contributed by atoms with Gasteiger partial charge in [-0.3, -0.25) is 5.32 Å². The molecule has 94 valence electrons. The van der Waals surface area contributed by atoms with Crippen molar-refractivity contribution >= 4 is 0 Å². The minimum atomic E-state index is -0.0255. The van der Waals surface area contributed by atoms with Crippen molar-refractivity contribution in [3.05, 3.63) is 0 Å². The monoisotopic (exact) mass is 225 g/mol. The minimum absolute atomic E-state index is 0.0255. The Labute approximate surface area is 101 Å². The molecule has 0 fully saturated rings. The van der Waals surface area contributed by atoms with E-state index in [2.05, 4.69) is 58.0 Å². The van der Waals surface area contributed by atoms with Gasteiger partial charge in [0, 0.05) is 19.1 Å². The standard InChI is InChI=1S/C13H27N3/c1-11(2)15-12(9-14)7-8-16(6)10-13(3,4)5/h11-12,15H,7-8,10H2,1-6H3. The minimum Gasteiger partial charge on any atom is -0.306 e. The fraction of sp³-hybridized carbons (Fsp3) is 0.923. The summed E-state index contributed by atoms with van der Waals surface area (Å²) >= 11 is 0. The van der Waals surface area contributed by atoms with E-state index in [0.29, 0.717) is 11.5 Å². The van der Waals surface area contributed by atoms with Crippen LogP contribution in [-0.2, 0) is 0 Å². The Kier molecular flexibility index (Phi) is 6.62. The lowest BCUT2D eigenvalue weighted by Gasteiger charge is -2.27. The van der Waals surface area contributed by atoms with Gasteiger partial charge in [-0.1, -0.05) is 20.8 Å². The number of nitriles is 1. The van der Waals surface area contributed by atoms with Crippen LogP contribution >= 0.6 is 0 Å². The predicted octanol–water partition coefficient (Wildman–Crippen LogP) is 2.24. The van der Waals surface area contributed by atoms with Gasteiger partial charge in [0.15, 0.2) is 0 Å². The van der Waals surface area contributed by atoms with Gasteiger partial charge in [-0.25, -0.2) is 0 Å². The molecule has 1 atom stereocenters. The number of nitrogens with one attached hydrogen (secondary N) is 1. The average Bonchev–Trinajstić information content (AvgIpc) is 2.08. The van der Waals surface area contributed by atoms with Crippen molar-refractivity contribution in [1.29, 1.82) is 5.26 Å². The van der Waals surface area contributed by atoms with Crippen LogP contribution in [0.1, 0.15) is 41.0 Å². The third kappa shape index (κ3) is 8.70. The molecule has 0 saturated carbocycles. The SMILES string of the molecule is CC(C)NC(C#N)CCN(C)CC(C)(C)C. The molecule has 0 aromatic rings. The number of nitrogens with zero attached hydrogens (tertiary/aromatic N) is 2. The van der Waals surface area contributed by atoms with E-state index in [1.165, 1.54) is 0 Å². The molecule has 0 aromatic heterocycles. The van der Waals surface area contributed by atoms with Gasteiger partial charge in [0.05, 0.1) is 12.1 Å². The first-order valence-corrected chi connectivity index (χ1v) is 6.09. The summed E-state index contributed by atoms with van der Waals surface area (Å²) in [4.78, 5) is 2.30. The highest BCUT2D eigenvalue weighted by molar-refractivity contribution is 4.91. The summed E-state index contributed by atoms with van der Waals surface area (Å²) < 4.78 is 0. The lowest BCUT2D eigenvalue weighted by atomic mass is 9.96. The van der Waals surface area contributed by atoms with Crippen molar-refractivity contribution < 1.29 is 0 Å². The fourth-order valence-corrected chi connectivity index (χ4v) is 1.83. The highest BCUT2D eigenvalue weighted by atomic mass is 15.1. The molecule has 0 amide bonds. The molecule has 1 unspecified atom stereocenters. The van der Waals surface area contributed by atoms with Gasteiger partial charge in [0.25, 0.3) is 0 Å². The number of hydrogen-bond donors (Lipinski definition) is 1. The summed E-state index contributed by atoms with van der Waals surface area (Å²) in [6, 6.07) is 2.66. The van der Waals surface area contributed by atoms with Crippen LogP contribution in [0.2, 0.25) is 0 Å². The molecule has 0 spiro atoms. The zero-order chi connectivity index (χ0) is 12.8. The molecular weight excluding hydrogens is 198 g/mol. The molecule has 0 aliphatic rings. The van der Waals surface area contributed by atoms with Crippen LogP contribution in [0.3, 0.4) is 0 Å². The van der Waals surface area contributed by atoms with Gasteiger partial charge in [-0.15, -0.1) is 0 Å². The number of rotatable bonds is 6. The van der Waals surface area contributed by atoms with Crippen LogP contribution in [0, 0.1) is 16.7 Å². The van der Waals surface area contributed by atoms with Crippen LogP contribution in [0.25, 0.3) is 0 Å². The molecule has 0 saturated heterocycles. The average molecular weight is 225 g/mol. The summed E-state index contributed by atoms with van der Waals surface area (Å²) in [5, 5.41) is 12.2. The highest BCUT2D eigenvalue weighted by Gasteiger charge is 2.15. The zero-order valence-corrected chi connectivity index (χ0v) is 11.7. The van der Waals surface area contributed by atoms with E-state index in [1.807, 2.05) is 0 Å². The van der Waals surface area contributed by atoms with Crippen molar-refractivity contribution in [1.82, 2.24) is 10.2 Å². The quantitative estimate of drug-likeness (QED) is 0.753. The van der Waals surface area contributed by atoms with Gasteiger partial charge in [0.1, 0.15) is 0 Å². The lowest BCUT2D eigenvalue weighted by molar-refractivity contribution is 0.220. The van der Waals surface area contributed by atoms with Crippen molar-refractivity contribution in [3.8, 4) is 6.07 Å². The van der Waals surface area contributed by atoms with Gasteiger partial charge in [0.2, 0.25) is 0 Å². The van der Waals surface area contributed by atoms with E-state index in [1.54, 1.807) is 0 Å². The van der Waals surface area contributed by atoms with Crippen LogP contribution in [0.4, 0.5) is 0 Å². The van der Waals surface area contributed by atoms with E-state index in [0.717, 1.165) is 19.5 Å². The molecule has 3 nitrogen and oxygen atoms in total. The molecule has 0 bridgehead atoms. The molecule has 0 aliphatic heterocycles. The van der Waals surface area contributed by atoms with E-state index < -0.39 is 0 Å². The topological polar surface area (TPSA) is 39.1 Å². The number of hydrogen-bond acceptors (Lipinski definition) is 3. The molecular formula is C13H27N3. The third-order valence-corrected chi connectivity index (χ3v) is 2.23. The third-order valence-electron chi connectivity index (χ3n) is 2.23. The lowest BCUT2D eigenvalue weighted by Crippen LogP contribution is -2.38. The highest BCUT2D eigenvalue weighted by Crippen LogP contribution is 2.14. The van der Waals surface area contributed by atoms with Crippen LogP contribution in [0.15, 0.2) is 0 Å². The summed E-state index contributed by atoms with van der Waals surface area (Å²) in [5.74, 6) is 0. The largest absolute Gasteiger partial charge is 0.306 e. The van der Waals surface area contributed by atoms with Gasteiger partial charge in [-0.2, -0.15) is 5.26 Å². The van der Waals surface area contributed by atoms with Crippen molar-refractivity contribution in [2.75, 3.05) is 20.1 Å². The van der Waals surface area contributed by atoms with Crippen LogP contribution in [0.5, 0.6) is 0 Å². The fourth-order valence-electron chi connectivity index (χ4n) is 1.83. The Hall–Kier alpha value is -0.590. The van der Waals surface area contributed by atoms with E-state index in [4.69, 9.17) is 5.26 Å². The zero-order valence-electron chi connectivity index (χ0n) is 11.7. The Morgan fingerprint density at radius 2 is 1.88 bits per heavy atom. The Bertz CT molecular complexity index is 222. The van der Waals surface area contributed by atoms with Crippen molar-refractivity contribution in [3.63, 3.8) is 0 Å². The Morgan fingerprint density at radius 1 is 1.31 bits per heavy atom. The molecule has 1 N–H and O–H groups in total. The Morgan fingerprint density at radius 3 is 2.25 bits per heavy atom. The first kappa shape index (κ1) is 15.4. The normalized spacial score (nSPS) is 14.2. The van der Waals surface area contributed by atoms with Crippen LogP contribution < -0.4 is 5.32 Å². The maximum absolute atomic E-state index is 8.99. The molecule has 0 rings (SSSR count). The van der Waals surface area contributed by atoms with E-state index in [-0.39, 0.29) is 6.04 Å². The van der Waals surface area contributed by atoms with Crippen molar-refractivity contribution in [2.45, 2.75) is 53.1 Å². The first-order chi connectivity index (χ1) is 7.24. The first-order valence-electron chi connectivity index (χ1n) is 6.09. The second kappa shape index (κ2) is 6.88. The second-order valence-corrected chi connectivity index (χ2v) is 6.09.